The van der Waals surface area contributed by atoms with E-state index in [2.05, 4.69) is 30.5 Å². The van der Waals surface area contributed by atoms with Crippen LogP contribution in [0.15, 0.2) is 34.9 Å². The number of hydrogen-bond acceptors (Lipinski definition) is 11. The van der Waals surface area contributed by atoms with Crippen molar-refractivity contribution in [3.8, 4) is 5.88 Å². The number of nitrogens with one attached hydrogen (secondary N) is 3. The second kappa shape index (κ2) is 14.1. The third-order valence-corrected chi connectivity index (χ3v) is 12.4. The molecule has 2 aromatic heterocycles. The maximum absolute atomic E-state index is 14.7. The van der Waals surface area contributed by atoms with Crippen molar-refractivity contribution in [2.45, 2.75) is 108 Å². The number of para-hydroxylation sites is 1. The molecule has 7 rings (SSSR count). The van der Waals surface area contributed by atoms with Gasteiger partial charge in [0, 0.05) is 17.9 Å². The van der Waals surface area contributed by atoms with Gasteiger partial charge < -0.3 is 24.8 Å². The molecule has 0 spiro atoms. The van der Waals surface area contributed by atoms with E-state index in [-0.39, 0.29) is 42.9 Å². The second-order valence-electron chi connectivity index (χ2n) is 14.5. The summed E-state index contributed by atoms with van der Waals surface area (Å²) in [6.07, 6.45) is 6.96. The van der Waals surface area contributed by atoms with Gasteiger partial charge in [0.15, 0.2) is 11.5 Å². The van der Waals surface area contributed by atoms with E-state index in [1.807, 2.05) is 12.2 Å². The zero-order chi connectivity index (χ0) is 37.7. The van der Waals surface area contributed by atoms with Gasteiger partial charge in [0.25, 0.3) is 11.8 Å². The number of ether oxygens (including phenoxy) is 1. The number of nitrogens with zero attached hydrogens (tertiary/aromatic N) is 4. The Morgan fingerprint density at radius 1 is 1.09 bits per heavy atom. The number of amides is 4. The standard InChI is InChI=1S/C36H42FN7O8S/c1-19-21(3)52-42-29(19)32(46)39-27-12-8-6-4-5-7-10-22-17-36(22,35(48)43-53(49,50)24-14-15-24)41-31(45)28-16-23(18-44(28)34(27)47)51-33-20(2)38-26-13-9-11-25(37)30(26)40-33/h7,9-11,13,22-24,27-28H,4-6,8,12,14-18H2,1-3H3,(H,39,46)(H,41,45)(H,43,48)/b10-7-/t22?,23-,27+,28+,36-/m1/s1. The fraction of sp³-hybridized carbons (Fsp3) is 0.528. The summed E-state index contributed by atoms with van der Waals surface area (Å²) in [5, 5.41) is 8.85. The average molecular weight is 752 g/mol. The summed E-state index contributed by atoms with van der Waals surface area (Å²) in [6, 6.07) is 2.15. The Morgan fingerprint density at radius 2 is 1.89 bits per heavy atom. The minimum absolute atomic E-state index is 0.00198. The molecule has 1 saturated heterocycles. The minimum Gasteiger partial charge on any atom is -0.471 e. The van der Waals surface area contributed by atoms with Crippen LogP contribution in [0.2, 0.25) is 0 Å². The first-order valence-electron chi connectivity index (χ1n) is 18.0. The van der Waals surface area contributed by atoms with E-state index < -0.39 is 74.4 Å². The molecule has 2 aliphatic heterocycles. The number of rotatable bonds is 7. The maximum atomic E-state index is 14.7. The summed E-state index contributed by atoms with van der Waals surface area (Å²) in [6.45, 7) is 4.90. The number of carbonyl (C=O) groups excluding carboxylic acids is 4. The van der Waals surface area contributed by atoms with Crippen molar-refractivity contribution in [3.63, 3.8) is 0 Å². The van der Waals surface area contributed by atoms with Crippen molar-refractivity contribution in [1.82, 2.24) is 35.4 Å². The molecule has 2 saturated carbocycles. The number of aromatic nitrogens is 3. The van der Waals surface area contributed by atoms with Crippen LogP contribution in [0, 0.1) is 32.5 Å². The Balaban J connectivity index is 1.20. The smallest absolute Gasteiger partial charge is 0.274 e. The molecule has 17 heteroatoms. The molecule has 0 bridgehead atoms. The Hall–Kier alpha value is -4.93. The van der Waals surface area contributed by atoms with E-state index in [9.17, 15) is 32.0 Å². The largest absolute Gasteiger partial charge is 0.471 e. The van der Waals surface area contributed by atoms with Crippen LogP contribution in [-0.2, 0) is 24.4 Å². The molecule has 3 N–H and O–H groups in total. The molecule has 4 heterocycles. The van der Waals surface area contributed by atoms with E-state index in [1.165, 1.54) is 17.0 Å². The van der Waals surface area contributed by atoms with Crippen molar-refractivity contribution in [2.24, 2.45) is 5.92 Å². The van der Waals surface area contributed by atoms with Gasteiger partial charge in [0.05, 0.1) is 17.3 Å². The summed E-state index contributed by atoms with van der Waals surface area (Å²) in [5.41, 5.74) is -0.276. The van der Waals surface area contributed by atoms with Crippen LogP contribution < -0.4 is 20.1 Å². The van der Waals surface area contributed by atoms with E-state index in [0.717, 1.165) is 12.8 Å². The van der Waals surface area contributed by atoms with E-state index in [0.29, 0.717) is 48.2 Å². The zero-order valence-corrected chi connectivity index (χ0v) is 30.5. The highest BCUT2D eigenvalue weighted by Crippen LogP contribution is 2.46. The molecule has 1 unspecified atom stereocenters. The number of fused-ring (bicyclic) bond motifs is 3. The van der Waals surface area contributed by atoms with Crippen LogP contribution in [0.5, 0.6) is 5.88 Å². The van der Waals surface area contributed by atoms with Gasteiger partial charge in [-0.2, -0.15) is 0 Å². The van der Waals surface area contributed by atoms with Crippen molar-refractivity contribution in [2.75, 3.05) is 6.54 Å². The molecule has 282 valence electrons. The molecule has 15 nitrogen and oxygen atoms in total. The number of allylic oxidation sites excluding steroid dienone is 1. The number of halogens is 1. The van der Waals surface area contributed by atoms with Gasteiger partial charge in [-0.25, -0.2) is 22.8 Å². The van der Waals surface area contributed by atoms with E-state index in [4.69, 9.17) is 9.26 Å². The molecule has 0 radical (unpaired) electrons. The number of carbonyl (C=O) groups is 4. The van der Waals surface area contributed by atoms with Crippen LogP contribution >= 0.6 is 0 Å². The first-order valence-corrected chi connectivity index (χ1v) is 19.5. The Bertz CT molecular complexity index is 2120. The molecule has 3 fully saturated rings. The SMILES string of the molecule is Cc1nc2cccc(F)c2nc1O[C@@H]1C[C@H]2C(=O)N[C@]3(C(=O)NS(=O)(=O)C4CC4)CC3/C=C\CCCCC[C@H](NC(=O)c3noc(C)c3C)C(=O)N2C1. The van der Waals surface area contributed by atoms with Gasteiger partial charge in [0.1, 0.15) is 40.7 Å². The summed E-state index contributed by atoms with van der Waals surface area (Å²) < 4.78 is 53.9. The highest BCUT2D eigenvalue weighted by molar-refractivity contribution is 7.91. The van der Waals surface area contributed by atoms with Crippen molar-refractivity contribution in [1.29, 1.82) is 0 Å². The summed E-state index contributed by atoms with van der Waals surface area (Å²) >= 11 is 0. The molecule has 53 heavy (non-hydrogen) atoms. The molecule has 3 aromatic rings. The van der Waals surface area contributed by atoms with Gasteiger partial charge in [-0.3, -0.25) is 23.9 Å². The second-order valence-corrected chi connectivity index (χ2v) is 16.4. The number of hydrogen-bond donors (Lipinski definition) is 3. The molecule has 4 aliphatic rings. The summed E-state index contributed by atoms with van der Waals surface area (Å²) in [7, 11) is -3.92. The fourth-order valence-electron chi connectivity index (χ4n) is 7.09. The number of sulfonamides is 1. The molecular weight excluding hydrogens is 710 g/mol. The predicted octanol–water partition coefficient (Wildman–Crippen LogP) is 2.83. The third kappa shape index (κ3) is 7.35. The molecule has 5 atom stereocenters. The predicted molar refractivity (Wildman–Crippen MR) is 187 cm³/mol. The lowest BCUT2D eigenvalue weighted by atomic mass is 10.0. The first kappa shape index (κ1) is 36.4. The van der Waals surface area contributed by atoms with Crippen LogP contribution in [0.1, 0.15) is 85.3 Å². The summed E-state index contributed by atoms with van der Waals surface area (Å²) in [4.78, 5) is 66.0. The van der Waals surface area contributed by atoms with Gasteiger partial charge in [-0.15, -0.1) is 0 Å². The van der Waals surface area contributed by atoms with Crippen LogP contribution in [0.25, 0.3) is 11.0 Å². The van der Waals surface area contributed by atoms with Crippen LogP contribution in [0.3, 0.4) is 0 Å². The lowest BCUT2D eigenvalue weighted by molar-refractivity contribution is -0.141. The Kier molecular flexibility index (Phi) is 9.72. The monoisotopic (exact) mass is 751 g/mol. The third-order valence-electron chi connectivity index (χ3n) is 10.6. The Morgan fingerprint density at radius 3 is 2.62 bits per heavy atom. The fourth-order valence-corrected chi connectivity index (χ4v) is 8.45. The highest BCUT2D eigenvalue weighted by atomic mass is 32.2. The zero-order valence-electron chi connectivity index (χ0n) is 29.7. The first-order chi connectivity index (χ1) is 25.3. The van der Waals surface area contributed by atoms with Gasteiger partial charge >= 0.3 is 0 Å². The number of aryl methyl sites for hydroxylation is 2. The van der Waals surface area contributed by atoms with Crippen molar-refractivity contribution < 1.29 is 41.2 Å². The van der Waals surface area contributed by atoms with Crippen LogP contribution in [-0.4, -0.2) is 87.6 Å². The molecular formula is C36H42FN7O8S. The van der Waals surface area contributed by atoms with E-state index >= 15 is 0 Å². The average Bonchev–Trinajstić information content (AvgIpc) is 4.02. The highest BCUT2D eigenvalue weighted by Gasteiger charge is 2.62. The quantitative estimate of drug-likeness (QED) is 0.300. The molecule has 4 amide bonds. The van der Waals surface area contributed by atoms with Gasteiger partial charge in [-0.1, -0.05) is 36.2 Å². The summed E-state index contributed by atoms with van der Waals surface area (Å²) in [5.74, 6) is -3.24. The molecule has 1 aromatic carbocycles. The van der Waals surface area contributed by atoms with E-state index in [1.54, 1.807) is 26.8 Å². The number of benzene rings is 1. The van der Waals surface area contributed by atoms with Gasteiger partial charge in [-0.05, 0) is 71.4 Å². The minimum atomic E-state index is -3.92. The van der Waals surface area contributed by atoms with Crippen molar-refractivity contribution in [3.05, 3.63) is 58.9 Å². The van der Waals surface area contributed by atoms with Crippen LogP contribution in [0.4, 0.5) is 4.39 Å². The Labute approximate surface area is 305 Å². The maximum Gasteiger partial charge on any atom is 0.274 e. The topological polar surface area (TPSA) is 203 Å². The van der Waals surface area contributed by atoms with Gasteiger partial charge in [0.2, 0.25) is 27.7 Å². The normalized spacial score (nSPS) is 27.1. The van der Waals surface area contributed by atoms with Crippen molar-refractivity contribution >= 4 is 44.7 Å². The lowest BCUT2D eigenvalue weighted by Crippen LogP contribution is -2.58. The molecule has 2 aliphatic carbocycles. The lowest BCUT2D eigenvalue weighted by Gasteiger charge is -2.29.